The lowest BCUT2D eigenvalue weighted by molar-refractivity contribution is -0.127. The second kappa shape index (κ2) is 5.85. The largest absolute Gasteiger partial charge is 0.372 e. The van der Waals surface area contributed by atoms with Gasteiger partial charge in [-0.25, -0.2) is 4.98 Å². The standard InChI is InChI=1S/C17H21N3O2S/c1-19-10-11-22-17(12-19)6-8-20(9-7-17)16(21)15-18-13-4-2-3-5-14(13)23-15/h2-5H,6-12H2,1H3. The van der Waals surface area contributed by atoms with Gasteiger partial charge in [-0.15, -0.1) is 11.3 Å². The van der Waals surface area contributed by atoms with Crippen molar-refractivity contribution in [3.63, 3.8) is 0 Å². The highest BCUT2D eigenvalue weighted by atomic mass is 32.1. The summed E-state index contributed by atoms with van der Waals surface area (Å²) in [5, 5.41) is 0.601. The minimum Gasteiger partial charge on any atom is -0.372 e. The molecule has 3 heterocycles. The topological polar surface area (TPSA) is 45.7 Å². The SMILES string of the molecule is CN1CCOC2(CCN(C(=O)c3nc4ccccc4s3)CC2)C1. The van der Waals surface area contributed by atoms with E-state index in [2.05, 4.69) is 16.9 Å². The molecule has 0 N–H and O–H groups in total. The number of para-hydroxylation sites is 1. The number of thiazole rings is 1. The van der Waals surface area contributed by atoms with Crippen molar-refractivity contribution in [1.29, 1.82) is 0 Å². The Morgan fingerprint density at radius 2 is 2.04 bits per heavy atom. The smallest absolute Gasteiger partial charge is 0.282 e. The van der Waals surface area contributed by atoms with Gasteiger partial charge in [0.25, 0.3) is 5.91 Å². The maximum atomic E-state index is 12.7. The van der Waals surface area contributed by atoms with Gasteiger partial charge in [0.2, 0.25) is 0 Å². The van der Waals surface area contributed by atoms with Crippen molar-refractivity contribution in [1.82, 2.24) is 14.8 Å². The van der Waals surface area contributed by atoms with E-state index in [1.165, 1.54) is 11.3 Å². The lowest BCUT2D eigenvalue weighted by Crippen LogP contribution is -2.56. The average molecular weight is 331 g/mol. The van der Waals surface area contributed by atoms with Gasteiger partial charge in [-0.05, 0) is 32.0 Å². The summed E-state index contributed by atoms with van der Waals surface area (Å²) in [5.41, 5.74) is 0.851. The number of carbonyl (C=O) groups is 1. The number of aromatic nitrogens is 1. The molecule has 0 aliphatic carbocycles. The van der Waals surface area contributed by atoms with Gasteiger partial charge in [0.05, 0.1) is 22.4 Å². The number of hydrogen-bond acceptors (Lipinski definition) is 5. The monoisotopic (exact) mass is 331 g/mol. The molecule has 4 rings (SSSR count). The molecule has 2 saturated heterocycles. The van der Waals surface area contributed by atoms with Gasteiger partial charge >= 0.3 is 0 Å². The molecule has 0 bridgehead atoms. The van der Waals surface area contributed by atoms with Crippen molar-refractivity contribution in [2.24, 2.45) is 0 Å². The summed E-state index contributed by atoms with van der Waals surface area (Å²) >= 11 is 1.48. The highest BCUT2D eigenvalue weighted by molar-refractivity contribution is 7.20. The number of amides is 1. The summed E-state index contributed by atoms with van der Waals surface area (Å²) in [6.07, 6.45) is 1.82. The van der Waals surface area contributed by atoms with E-state index in [1.807, 2.05) is 29.2 Å². The number of carbonyl (C=O) groups excluding carboxylic acids is 1. The van der Waals surface area contributed by atoms with Crippen LogP contribution in [0, 0.1) is 0 Å². The molecule has 2 fully saturated rings. The molecule has 2 aliphatic rings. The van der Waals surface area contributed by atoms with Crippen LogP contribution in [0.5, 0.6) is 0 Å². The summed E-state index contributed by atoms with van der Waals surface area (Å²) in [4.78, 5) is 21.5. The zero-order valence-corrected chi connectivity index (χ0v) is 14.1. The number of nitrogens with zero attached hydrogens (tertiary/aromatic N) is 3. The Morgan fingerprint density at radius 3 is 2.78 bits per heavy atom. The Hall–Kier alpha value is -1.50. The van der Waals surface area contributed by atoms with Crippen molar-refractivity contribution in [2.75, 3.05) is 39.8 Å². The van der Waals surface area contributed by atoms with Crippen LogP contribution in [0.25, 0.3) is 10.2 Å². The number of ether oxygens (including phenoxy) is 1. The van der Waals surface area contributed by atoms with Crippen LogP contribution in [-0.2, 0) is 4.74 Å². The van der Waals surface area contributed by atoms with Gasteiger partial charge in [-0.2, -0.15) is 0 Å². The molecule has 1 aromatic carbocycles. The van der Waals surface area contributed by atoms with Crippen molar-refractivity contribution >= 4 is 27.5 Å². The fourth-order valence-corrected chi connectivity index (χ4v) is 4.49. The highest BCUT2D eigenvalue weighted by Crippen LogP contribution is 2.31. The van der Waals surface area contributed by atoms with Crippen LogP contribution in [0.2, 0.25) is 0 Å². The molecule has 23 heavy (non-hydrogen) atoms. The predicted octanol–water partition coefficient (Wildman–Crippen LogP) is 2.23. The second-order valence-corrected chi connectivity index (χ2v) is 7.58. The van der Waals surface area contributed by atoms with E-state index in [-0.39, 0.29) is 11.5 Å². The van der Waals surface area contributed by atoms with Gasteiger partial charge in [0, 0.05) is 26.2 Å². The lowest BCUT2D eigenvalue weighted by Gasteiger charge is -2.46. The minimum atomic E-state index is -0.0582. The van der Waals surface area contributed by atoms with Gasteiger partial charge in [0.1, 0.15) is 0 Å². The number of likely N-dealkylation sites (tertiary alicyclic amines) is 1. The Labute approximate surface area is 139 Å². The number of piperidine rings is 1. The van der Waals surface area contributed by atoms with Crippen LogP contribution >= 0.6 is 11.3 Å². The summed E-state index contributed by atoms with van der Waals surface area (Å²) in [6.45, 7) is 4.26. The normalized spacial score (nSPS) is 21.9. The van der Waals surface area contributed by atoms with Gasteiger partial charge in [0.15, 0.2) is 5.01 Å². The third kappa shape index (κ3) is 2.86. The molecule has 0 unspecified atom stereocenters. The van der Waals surface area contributed by atoms with E-state index >= 15 is 0 Å². The molecule has 1 spiro atoms. The first-order chi connectivity index (χ1) is 11.2. The van der Waals surface area contributed by atoms with Gasteiger partial charge in [-0.3, -0.25) is 4.79 Å². The number of rotatable bonds is 1. The van der Waals surface area contributed by atoms with E-state index in [1.54, 1.807) is 0 Å². The number of benzene rings is 1. The van der Waals surface area contributed by atoms with Crippen LogP contribution in [0.3, 0.4) is 0 Å². The Balaban J connectivity index is 1.46. The highest BCUT2D eigenvalue weighted by Gasteiger charge is 2.40. The zero-order valence-electron chi connectivity index (χ0n) is 13.3. The molecular weight excluding hydrogens is 310 g/mol. The minimum absolute atomic E-state index is 0.0582. The maximum Gasteiger partial charge on any atom is 0.282 e. The van der Waals surface area contributed by atoms with Crippen LogP contribution in [0.4, 0.5) is 0 Å². The lowest BCUT2D eigenvalue weighted by atomic mass is 9.89. The first-order valence-corrected chi connectivity index (χ1v) is 8.94. The van der Waals surface area contributed by atoms with E-state index < -0.39 is 0 Å². The quantitative estimate of drug-likeness (QED) is 0.804. The predicted molar refractivity (Wildman–Crippen MR) is 90.9 cm³/mol. The maximum absolute atomic E-state index is 12.7. The molecule has 1 aromatic heterocycles. The van der Waals surface area contributed by atoms with Gasteiger partial charge < -0.3 is 14.5 Å². The second-order valence-electron chi connectivity index (χ2n) is 6.55. The van der Waals surface area contributed by atoms with E-state index in [0.717, 1.165) is 55.8 Å². The summed E-state index contributed by atoms with van der Waals surface area (Å²) in [6, 6.07) is 7.91. The Kier molecular flexibility index (Phi) is 3.83. The van der Waals surface area contributed by atoms with Crippen molar-refractivity contribution in [2.45, 2.75) is 18.4 Å². The van der Waals surface area contributed by atoms with Crippen LogP contribution in [0.1, 0.15) is 22.6 Å². The Morgan fingerprint density at radius 1 is 1.26 bits per heavy atom. The number of morpholine rings is 1. The Bertz CT molecular complexity index is 688. The third-order valence-electron chi connectivity index (χ3n) is 4.88. The molecule has 0 atom stereocenters. The van der Waals surface area contributed by atoms with Crippen LogP contribution in [0.15, 0.2) is 24.3 Å². The van der Waals surface area contributed by atoms with Crippen LogP contribution < -0.4 is 0 Å². The zero-order chi connectivity index (χ0) is 15.9. The number of likely N-dealkylation sites (N-methyl/N-ethyl adjacent to an activating group) is 1. The summed E-state index contributed by atoms with van der Waals surface area (Å²) < 4.78 is 7.14. The summed E-state index contributed by atoms with van der Waals surface area (Å²) in [5.74, 6) is 0.0604. The molecule has 2 aliphatic heterocycles. The average Bonchev–Trinajstić information content (AvgIpc) is 2.99. The fraction of sp³-hybridized carbons (Fsp3) is 0.529. The van der Waals surface area contributed by atoms with Crippen molar-refractivity contribution in [3.05, 3.63) is 29.3 Å². The molecule has 6 heteroatoms. The fourth-order valence-electron chi connectivity index (χ4n) is 3.55. The number of fused-ring (bicyclic) bond motifs is 1. The van der Waals surface area contributed by atoms with Crippen molar-refractivity contribution in [3.8, 4) is 0 Å². The summed E-state index contributed by atoms with van der Waals surface area (Å²) in [7, 11) is 2.14. The van der Waals surface area contributed by atoms with Gasteiger partial charge in [-0.1, -0.05) is 12.1 Å². The molecule has 122 valence electrons. The molecule has 0 radical (unpaired) electrons. The van der Waals surface area contributed by atoms with E-state index in [0.29, 0.717) is 5.01 Å². The van der Waals surface area contributed by atoms with E-state index in [4.69, 9.17) is 4.74 Å². The van der Waals surface area contributed by atoms with Crippen LogP contribution in [-0.4, -0.2) is 66.1 Å². The first kappa shape index (κ1) is 15.1. The first-order valence-electron chi connectivity index (χ1n) is 8.13. The molecule has 2 aromatic rings. The van der Waals surface area contributed by atoms with E-state index in [9.17, 15) is 4.79 Å². The molecule has 0 saturated carbocycles. The molecule has 1 amide bonds. The van der Waals surface area contributed by atoms with Crippen molar-refractivity contribution < 1.29 is 9.53 Å². The number of hydrogen-bond donors (Lipinski definition) is 0. The molecule has 5 nitrogen and oxygen atoms in total. The molecular formula is C17H21N3O2S. The third-order valence-corrected chi connectivity index (χ3v) is 5.90.